The molecule has 2 unspecified atom stereocenters. The van der Waals surface area contributed by atoms with Crippen molar-refractivity contribution in [3.8, 4) is 0 Å². The number of anilines is 1. The van der Waals surface area contributed by atoms with Crippen LogP contribution in [0.1, 0.15) is 146 Å². The summed E-state index contributed by atoms with van der Waals surface area (Å²) in [6.07, 6.45) is 4.04. The number of rotatable bonds is 10. The van der Waals surface area contributed by atoms with E-state index in [9.17, 15) is 38.3 Å². The zero-order valence-electron chi connectivity index (χ0n) is 42.6. The van der Waals surface area contributed by atoms with Gasteiger partial charge in [-0.25, -0.2) is 14.0 Å². The third-order valence-electron chi connectivity index (χ3n) is 17.1. The van der Waals surface area contributed by atoms with Crippen LogP contribution in [-0.4, -0.2) is 104 Å². The number of amides is 2. The number of ether oxygens (including phenoxy) is 2. The van der Waals surface area contributed by atoms with Gasteiger partial charge < -0.3 is 55.3 Å². The summed E-state index contributed by atoms with van der Waals surface area (Å²) in [6.45, 7) is 12.3. The largest absolute Gasteiger partial charge is 0.458 e. The number of carbonyl (C=O) groups excluding carboxylic acids is 4. The van der Waals surface area contributed by atoms with Crippen molar-refractivity contribution in [2.24, 2.45) is 11.5 Å². The molecule has 4 aromatic rings. The number of cyclic esters (lactones) is 2. The van der Waals surface area contributed by atoms with Crippen molar-refractivity contribution in [1.29, 1.82) is 0 Å². The Hall–Kier alpha value is -5.66. The Morgan fingerprint density at radius 2 is 1.20 bits per heavy atom. The van der Waals surface area contributed by atoms with E-state index in [0.29, 0.717) is 97.6 Å². The number of halogens is 1. The van der Waals surface area contributed by atoms with Gasteiger partial charge in [0.2, 0.25) is 0 Å². The minimum Gasteiger partial charge on any atom is -0.458 e. The van der Waals surface area contributed by atoms with Crippen molar-refractivity contribution < 1.29 is 56.9 Å². The van der Waals surface area contributed by atoms with E-state index in [1.54, 1.807) is 44.4 Å². The number of nitrogens with one attached hydrogen (secondary N) is 1. The average molecular weight is 1040 g/mol. The van der Waals surface area contributed by atoms with Gasteiger partial charge in [0, 0.05) is 65.4 Å². The maximum Gasteiger partial charge on any atom is 0.342 e. The molecule has 6 aliphatic heterocycles. The molecule has 2 aromatic carbocycles. The number of aryl methyl sites for hydroxylation is 2. The van der Waals surface area contributed by atoms with E-state index in [-0.39, 0.29) is 61.9 Å². The second-order valence-electron chi connectivity index (χ2n) is 20.7. The van der Waals surface area contributed by atoms with Crippen LogP contribution in [0.2, 0.25) is 0 Å². The number of aromatic nitrogens is 2. The highest BCUT2D eigenvalue weighted by Gasteiger charge is 2.55. The third kappa shape index (κ3) is 7.42. The molecule has 0 spiro atoms. The Morgan fingerprint density at radius 3 is 1.66 bits per heavy atom. The van der Waals surface area contributed by atoms with Crippen LogP contribution in [0.3, 0.4) is 0 Å². The summed E-state index contributed by atoms with van der Waals surface area (Å²) >= 11 is 0. The van der Waals surface area contributed by atoms with E-state index in [2.05, 4.69) is 12.2 Å². The first kappa shape index (κ1) is 50.5. The predicted octanol–water partition coefficient (Wildman–Crippen LogP) is 6.36. The summed E-state index contributed by atoms with van der Waals surface area (Å²) in [7, 11) is -3.20. The summed E-state index contributed by atoms with van der Waals surface area (Å²) < 4.78 is 49.0. The van der Waals surface area contributed by atoms with Gasteiger partial charge in [0.25, 0.3) is 11.8 Å². The second kappa shape index (κ2) is 18.3. The number of fused-ring (bicyclic) bond motifs is 8. The lowest BCUT2D eigenvalue weighted by molar-refractivity contribution is -0.166. The molecule has 8 aliphatic rings. The van der Waals surface area contributed by atoms with Gasteiger partial charge in [-0.2, -0.15) is 0 Å². The lowest BCUT2D eigenvalue weighted by atomic mass is 9.78. The monoisotopic (exact) mass is 1040 g/mol. The van der Waals surface area contributed by atoms with Gasteiger partial charge in [-0.05, 0) is 130 Å². The van der Waals surface area contributed by atoms with E-state index in [4.69, 9.17) is 40.0 Å². The number of nitrogens with zero attached hydrogens (tertiary/aromatic N) is 4. The molecule has 18 nitrogen and oxygen atoms in total. The molecule has 2 aromatic heterocycles. The number of hydrogen-bond donors (Lipinski definition) is 5. The zero-order valence-corrected chi connectivity index (χ0v) is 43.5. The maximum atomic E-state index is 14.7. The first-order valence-electron chi connectivity index (χ1n) is 25.9. The predicted molar refractivity (Wildman–Crippen MR) is 270 cm³/mol. The van der Waals surface area contributed by atoms with Gasteiger partial charge in [-0.15, -0.1) is 0 Å². The number of carbonyl (C=O) groups is 4. The molecular weight excluding hydrogens is 973 g/mol. The summed E-state index contributed by atoms with van der Waals surface area (Å²) in [5.74, 6) is -2.20. The van der Waals surface area contributed by atoms with Gasteiger partial charge in [0.15, 0.2) is 11.2 Å². The topological polar surface area (TPSA) is 259 Å². The standard InChI is InChI=1S/C30H39N4O7P.C24H24FN3O4/c1-5-30(37)20-12-24-27-18(14-34(24)28(35)19(20)15-39-29(30)36)25-21(31)9-8-17-16(4)22(13-23(33-27)26(17)25)32-10-11-42(38,40-6-2)41-7-3;1-3-24(31)14-6-18-21-12(8-28(18)22(29)13(14)9-32-23(24)30)19-16(26)5-4-11-10(2)15(25)7-17(27-21)20(11)19/h13,21,24,32,37H,5-12,14-15,31H2,1-4H3;7,16,18,31H,3-6,8-9,26H2,1-2H3/t21-,24?,30-;16-,18?,24-/m00/s1. The molecule has 12 rings (SSSR count). The first-order valence-corrected chi connectivity index (χ1v) is 27.7. The molecule has 8 heterocycles. The minimum atomic E-state index is -3.20. The summed E-state index contributed by atoms with van der Waals surface area (Å²) in [6, 6.07) is 2.20. The molecule has 74 heavy (non-hydrogen) atoms. The second-order valence-corrected chi connectivity index (χ2v) is 22.9. The Kier molecular flexibility index (Phi) is 12.5. The molecule has 2 aliphatic carbocycles. The fourth-order valence-electron chi connectivity index (χ4n) is 13.2. The van der Waals surface area contributed by atoms with Gasteiger partial charge >= 0.3 is 19.5 Å². The minimum absolute atomic E-state index is 0.118. The van der Waals surface area contributed by atoms with E-state index in [0.717, 1.165) is 73.9 Å². The molecule has 0 bridgehead atoms. The van der Waals surface area contributed by atoms with Gasteiger partial charge in [0.05, 0.1) is 65.0 Å². The quantitative estimate of drug-likeness (QED) is 0.0855. The van der Waals surface area contributed by atoms with Crippen molar-refractivity contribution in [3.05, 3.63) is 96.1 Å². The van der Waals surface area contributed by atoms with Crippen molar-refractivity contribution >= 4 is 58.8 Å². The van der Waals surface area contributed by atoms with Crippen LogP contribution in [0.25, 0.3) is 21.8 Å². The van der Waals surface area contributed by atoms with Crippen molar-refractivity contribution in [3.63, 3.8) is 0 Å². The molecule has 6 atom stereocenters. The van der Waals surface area contributed by atoms with Gasteiger partial charge in [-0.3, -0.25) is 24.1 Å². The third-order valence-corrected chi connectivity index (χ3v) is 19.2. The molecule has 20 heteroatoms. The molecule has 7 N–H and O–H groups in total. The van der Waals surface area contributed by atoms with Crippen molar-refractivity contribution in [1.82, 2.24) is 19.8 Å². The lowest BCUT2D eigenvalue weighted by Gasteiger charge is -2.41. The van der Waals surface area contributed by atoms with Crippen LogP contribution in [0.5, 0.6) is 0 Å². The molecular formula is C54H63FN7O11P. The summed E-state index contributed by atoms with van der Waals surface area (Å²) in [5, 5.41) is 27.7. The fourth-order valence-corrected chi connectivity index (χ4v) is 14.7. The van der Waals surface area contributed by atoms with Crippen molar-refractivity contribution in [2.45, 2.75) is 141 Å². The normalized spacial score (nSPS) is 26.5. The number of pyridine rings is 2. The van der Waals surface area contributed by atoms with Crippen LogP contribution >= 0.6 is 7.60 Å². The Balaban J connectivity index is 0.000000164. The molecule has 2 amide bonds. The van der Waals surface area contributed by atoms with Crippen LogP contribution in [0, 0.1) is 19.7 Å². The number of aliphatic hydroxyl groups is 2. The average Bonchev–Trinajstić information content (AvgIpc) is 3.96. The number of hydrogen-bond acceptors (Lipinski definition) is 16. The number of nitrogens with two attached hydrogens (primary N) is 2. The molecule has 392 valence electrons. The van der Waals surface area contributed by atoms with Crippen LogP contribution < -0.4 is 16.8 Å². The van der Waals surface area contributed by atoms with E-state index in [1.807, 2.05) is 6.07 Å². The molecule has 0 saturated heterocycles. The lowest BCUT2D eigenvalue weighted by Crippen LogP contribution is -2.51. The summed E-state index contributed by atoms with van der Waals surface area (Å²) in [4.78, 5) is 65.6. The Labute approximate surface area is 427 Å². The molecule has 0 radical (unpaired) electrons. The van der Waals surface area contributed by atoms with Crippen molar-refractivity contribution in [2.75, 3.05) is 44.5 Å². The SMILES string of the molecule is CCOP(=O)(CCNc1cc2nc3c(c4c2c(c1C)CC[C@@H]4N)CN1C(=O)C2=C(CC31)[C@@](O)(CC)C(=O)OC2)OCC.CC[C@@]1(O)C(=O)OCC2=C1CC1c3nc4cc(F)c(C)c5c4c(c3CN1C2=O)[C@@H](N)CC5. The number of benzene rings is 2. The molecule has 0 fully saturated rings. The van der Waals surface area contributed by atoms with E-state index >= 15 is 0 Å². The highest BCUT2D eigenvalue weighted by Crippen LogP contribution is 2.54. The molecule has 0 saturated carbocycles. The van der Waals surface area contributed by atoms with E-state index < -0.39 is 42.8 Å². The van der Waals surface area contributed by atoms with Crippen LogP contribution in [0.4, 0.5) is 10.1 Å². The maximum absolute atomic E-state index is 14.7. The van der Waals surface area contributed by atoms with E-state index in [1.165, 1.54) is 11.6 Å². The first-order chi connectivity index (χ1) is 35.3. The Morgan fingerprint density at radius 1 is 0.743 bits per heavy atom. The number of esters is 2. The Bertz CT molecular complexity index is 3280. The highest BCUT2D eigenvalue weighted by molar-refractivity contribution is 7.53. The van der Waals surface area contributed by atoms with Gasteiger partial charge in [-0.1, -0.05) is 13.8 Å². The van der Waals surface area contributed by atoms with Gasteiger partial charge in [0.1, 0.15) is 19.0 Å². The fraction of sp³-hybridized carbons (Fsp3) is 0.519. The highest BCUT2D eigenvalue weighted by atomic mass is 31.2. The van der Waals surface area contributed by atoms with Crippen LogP contribution in [0.15, 0.2) is 34.4 Å². The van der Waals surface area contributed by atoms with Crippen LogP contribution in [-0.2, 0) is 68.2 Å². The smallest absolute Gasteiger partial charge is 0.342 e. The zero-order chi connectivity index (χ0) is 52.5. The summed E-state index contributed by atoms with van der Waals surface area (Å²) in [5.41, 5.74) is 22.6.